The number of hydrogen-bond acceptors (Lipinski definition) is 7. The van der Waals surface area contributed by atoms with Crippen LogP contribution < -0.4 is 11.1 Å². The normalized spacial score (nSPS) is 14.4. The monoisotopic (exact) mass is 354 g/mol. The first-order valence-electron chi connectivity index (χ1n) is 8.66. The summed E-state index contributed by atoms with van der Waals surface area (Å²) in [6.45, 7) is 7.06. The Morgan fingerprint density at radius 2 is 2.08 bits per heavy atom. The van der Waals surface area contributed by atoms with Gasteiger partial charge in [-0.05, 0) is 31.7 Å². The Kier molecular flexibility index (Phi) is 4.03. The van der Waals surface area contributed by atoms with E-state index in [0.717, 1.165) is 38.7 Å². The average molecular weight is 354 g/mol. The molecule has 0 atom stereocenters. The molecule has 1 aliphatic rings. The molecule has 0 radical (unpaired) electrons. The van der Waals surface area contributed by atoms with Crippen molar-refractivity contribution in [1.29, 1.82) is 0 Å². The molecule has 3 aromatic heterocycles. The van der Waals surface area contributed by atoms with Crippen LogP contribution in [0, 0.1) is 12.8 Å². The van der Waals surface area contributed by atoms with E-state index in [0.29, 0.717) is 23.6 Å². The first kappa shape index (κ1) is 16.2. The van der Waals surface area contributed by atoms with Gasteiger partial charge in [-0.2, -0.15) is 4.98 Å². The third-order valence-corrected chi connectivity index (χ3v) is 5.34. The molecular formula is C18H22N6S. The standard InChI is InChI=1S/C18H22N6S/c1-9(2)8-21-18-22-10(3)13(16(19)24-18)17-23-15-12(25-17)6-7-20-14(15)11-4-5-11/h6-7,9,11H,4-5,8H2,1-3H3,(H3,19,21,22,24). The van der Waals surface area contributed by atoms with E-state index in [1.165, 1.54) is 12.8 Å². The van der Waals surface area contributed by atoms with Gasteiger partial charge in [-0.3, -0.25) is 4.98 Å². The minimum atomic E-state index is 0.471. The van der Waals surface area contributed by atoms with E-state index in [9.17, 15) is 0 Å². The number of nitrogens with two attached hydrogens (primary N) is 1. The van der Waals surface area contributed by atoms with E-state index >= 15 is 0 Å². The van der Waals surface area contributed by atoms with E-state index < -0.39 is 0 Å². The number of aryl methyl sites for hydroxylation is 1. The summed E-state index contributed by atoms with van der Waals surface area (Å²) >= 11 is 1.63. The zero-order chi connectivity index (χ0) is 17.6. The topological polar surface area (TPSA) is 89.6 Å². The number of nitrogen functional groups attached to an aromatic ring is 1. The molecule has 4 rings (SSSR count). The number of nitrogens with zero attached hydrogens (tertiary/aromatic N) is 4. The van der Waals surface area contributed by atoms with Crippen molar-refractivity contribution in [2.45, 2.75) is 39.5 Å². The lowest BCUT2D eigenvalue weighted by Gasteiger charge is -2.11. The van der Waals surface area contributed by atoms with Crippen LogP contribution in [0.4, 0.5) is 11.8 Å². The van der Waals surface area contributed by atoms with Gasteiger partial charge in [-0.15, -0.1) is 11.3 Å². The molecule has 0 amide bonds. The number of pyridine rings is 1. The van der Waals surface area contributed by atoms with Gasteiger partial charge in [0.2, 0.25) is 5.95 Å². The Bertz CT molecular complexity index is 905. The number of fused-ring (bicyclic) bond motifs is 1. The minimum Gasteiger partial charge on any atom is -0.383 e. The van der Waals surface area contributed by atoms with Gasteiger partial charge in [0.05, 0.1) is 21.7 Å². The van der Waals surface area contributed by atoms with E-state index in [-0.39, 0.29) is 0 Å². The average Bonchev–Trinajstić information content (AvgIpc) is 3.31. The molecule has 0 spiro atoms. The van der Waals surface area contributed by atoms with Crippen LogP contribution in [0.2, 0.25) is 0 Å². The second-order valence-corrected chi connectivity index (χ2v) is 8.03. The summed E-state index contributed by atoms with van der Waals surface area (Å²) in [6, 6.07) is 2.02. The molecule has 3 N–H and O–H groups in total. The zero-order valence-corrected chi connectivity index (χ0v) is 15.5. The minimum absolute atomic E-state index is 0.471. The van der Waals surface area contributed by atoms with Crippen LogP contribution in [-0.2, 0) is 0 Å². The smallest absolute Gasteiger partial charge is 0.224 e. The van der Waals surface area contributed by atoms with Crippen LogP contribution in [0.3, 0.4) is 0 Å². The fourth-order valence-corrected chi connectivity index (χ4v) is 3.95. The summed E-state index contributed by atoms with van der Waals surface area (Å²) in [7, 11) is 0. The molecule has 25 heavy (non-hydrogen) atoms. The number of rotatable bonds is 5. The molecule has 1 saturated carbocycles. The maximum absolute atomic E-state index is 6.25. The highest BCUT2D eigenvalue weighted by atomic mass is 32.1. The third kappa shape index (κ3) is 3.16. The highest BCUT2D eigenvalue weighted by molar-refractivity contribution is 7.21. The van der Waals surface area contributed by atoms with Crippen molar-refractivity contribution < 1.29 is 0 Å². The van der Waals surface area contributed by atoms with Gasteiger partial charge in [0.1, 0.15) is 16.3 Å². The molecule has 3 aromatic rings. The Balaban J connectivity index is 1.74. The van der Waals surface area contributed by atoms with Crippen LogP contribution in [0.25, 0.3) is 20.8 Å². The maximum atomic E-state index is 6.25. The number of hydrogen-bond donors (Lipinski definition) is 2. The predicted octanol–water partition coefficient (Wildman–Crippen LogP) is 3.98. The van der Waals surface area contributed by atoms with Crippen molar-refractivity contribution in [2.24, 2.45) is 5.92 Å². The number of aromatic nitrogens is 4. The molecule has 0 unspecified atom stereocenters. The number of nitrogens with one attached hydrogen (secondary N) is 1. The van der Waals surface area contributed by atoms with E-state index in [4.69, 9.17) is 10.7 Å². The molecular weight excluding hydrogens is 332 g/mol. The highest BCUT2D eigenvalue weighted by Crippen LogP contribution is 2.44. The van der Waals surface area contributed by atoms with Gasteiger partial charge in [-0.25, -0.2) is 9.97 Å². The fraction of sp³-hybridized carbons (Fsp3) is 0.444. The molecule has 0 bridgehead atoms. The summed E-state index contributed by atoms with van der Waals surface area (Å²) in [6.07, 6.45) is 4.29. The molecule has 6 nitrogen and oxygen atoms in total. The van der Waals surface area contributed by atoms with E-state index in [2.05, 4.69) is 34.1 Å². The Labute approximate surface area is 150 Å². The molecule has 0 aliphatic heterocycles. The second kappa shape index (κ2) is 6.22. The van der Waals surface area contributed by atoms with Crippen molar-refractivity contribution in [1.82, 2.24) is 19.9 Å². The summed E-state index contributed by atoms with van der Waals surface area (Å²) in [4.78, 5) is 18.4. The lowest BCUT2D eigenvalue weighted by molar-refractivity contribution is 0.684. The maximum Gasteiger partial charge on any atom is 0.224 e. The van der Waals surface area contributed by atoms with Crippen LogP contribution in [0.1, 0.15) is 44.0 Å². The molecule has 1 fully saturated rings. The van der Waals surface area contributed by atoms with Crippen LogP contribution in [-0.4, -0.2) is 26.5 Å². The molecule has 0 saturated heterocycles. The third-order valence-electron chi connectivity index (χ3n) is 4.30. The van der Waals surface area contributed by atoms with Gasteiger partial charge in [0, 0.05) is 18.7 Å². The van der Waals surface area contributed by atoms with Crippen molar-refractivity contribution in [2.75, 3.05) is 17.6 Å². The lowest BCUT2D eigenvalue weighted by Crippen LogP contribution is -2.12. The molecule has 130 valence electrons. The first-order chi connectivity index (χ1) is 12.0. The van der Waals surface area contributed by atoms with E-state index in [1.54, 1.807) is 11.3 Å². The summed E-state index contributed by atoms with van der Waals surface area (Å²) in [5, 5.41) is 4.10. The SMILES string of the molecule is Cc1nc(NCC(C)C)nc(N)c1-c1nc2c(C3CC3)nccc2s1. The Hall–Kier alpha value is -2.28. The van der Waals surface area contributed by atoms with Gasteiger partial charge in [0.15, 0.2) is 0 Å². The molecule has 0 aromatic carbocycles. The first-order valence-corrected chi connectivity index (χ1v) is 9.48. The van der Waals surface area contributed by atoms with Gasteiger partial charge < -0.3 is 11.1 Å². The summed E-state index contributed by atoms with van der Waals surface area (Å²) in [5.74, 6) is 2.13. The fourth-order valence-electron chi connectivity index (χ4n) is 2.87. The van der Waals surface area contributed by atoms with Crippen molar-refractivity contribution >= 4 is 33.3 Å². The molecule has 3 heterocycles. The van der Waals surface area contributed by atoms with Gasteiger partial charge >= 0.3 is 0 Å². The summed E-state index contributed by atoms with van der Waals surface area (Å²) < 4.78 is 1.15. The lowest BCUT2D eigenvalue weighted by atomic mass is 10.2. The predicted molar refractivity (Wildman–Crippen MR) is 103 cm³/mol. The van der Waals surface area contributed by atoms with Crippen molar-refractivity contribution in [3.05, 3.63) is 23.7 Å². The quantitative estimate of drug-likeness (QED) is 0.720. The largest absolute Gasteiger partial charge is 0.383 e. The van der Waals surface area contributed by atoms with Gasteiger partial charge in [-0.1, -0.05) is 13.8 Å². The van der Waals surface area contributed by atoms with Crippen LogP contribution >= 0.6 is 11.3 Å². The van der Waals surface area contributed by atoms with Crippen LogP contribution in [0.5, 0.6) is 0 Å². The van der Waals surface area contributed by atoms with Crippen molar-refractivity contribution in [3.8, 4) is 10.6 Å². The second-order valence-electron chi connectivity index (χ2n) is 7.00. The highest BCUT2D eigenvalue weighted by Gasteiger charge is 2.28. The van der Waals surface area contributed by atoms with E-state index in [1.807, 2.05) is 19.2 Å². The Morgan fingerprint density at radius 1 is 1.28 bits per heavy atom. The molecule has 1 aliphatic carbocycles. The van der Waals surface area contributed by atoms with Gasteiger partial charge in [0.25, 0.3) is 0 Å². The van der Waals surface area contributed by atoms with Crippen LogP contribution in [0.15, 0.2) is 12.3 Å². The summed E-state index contributed by atoms with van der Waals surface area (Å²) in [5.41, 5.74) is 10.1. The zero-order valence-electron chi connectivity index (χ0n) is 14.7. The number of thiazole rings is 1. The Morgan fingerprint density at radius 3 is 2.76 bits per heavy atom. The molecule has 7 heteroatoms. The number of anilines is 2. The van der Waals surface area contributed by atoms with Crippen molar-refractivity contribution in [3.63, 3.8) is 0 Å².